The number of rotatable bonds is 7. The van der Waals surface area contributed by atoms with E-state index in [0.29, 0.717) is 25.2 Å². The van der Waals surface area contributed by atoms with Crippen LogP contribution in [-0.2, 0) is 19.0 Å². The van der Waals surface area contributed by atoms with Gasteiger partial charge in [-0.2, -0.15) is 0 Å². The summed E-state index contributed by atoms with van der Waals surface area (Å²) in [6.45, 7) is 5.59. The molecule has 0 unspecified atom stereocenters. The van der Waals surface area contributed by atoms with Crippen molar-refractivity contribution in [3.05, 3.63) is 0 Å². The van der Waals surface area contributed by atoms with E-state index in [1.807, 2.05) is 11.8 Å². The molecule has 6 nitrogen and oxygen atoms in total. The third kappa shape index (κ3) is 4.54. The van der Waals surface area contributed by atoms with Gasteiger partial charge in [0.25, 0.3) is 0 Å². The molecule has 4 fully saturated rings. The van der Waals surface area contributed by atoms with E-state index < -0.39 is 6.04 Å². The Balaban J connectivity index is 1.47. The molecule has 0 spiro atoms. The van der Waals surface area contributed by atoms with Gasteiger partial charge >= 0.3 is 0 Å². The summed E-state index contributed by atoms with van der Waals surface area (Å²) in [6, 6.07) is -0.599. The number of carbonyl (C=O) groups excluding carboxylic acids is 1. The van der Waals surface area contributed by atoms with E-state index >= 15 is 0 Å². The maximum Gasteiger partial charge on any atom is 0.242 e. The van der Waals surface area contributed by atoms with Crippen LogP contribution in [0.1, 0.15) is 45.4 Å². The molecular weight excluding hydrogens is 320 g/mol. The minimum absolute atomic E-state index is 0.00871. The summed E-state index contributed by atoms with van der Waals surface area (Å²) in [5.41, 5.74) is 6.38. The van der Waals surface area contributed by atoms with Crippen molar-refractivity contribution in [1.29, 1.82) is 0 Å². The lowest BCUT2D eigenvalue weighted by atomic mass is 9.72. The van der Waals surface area contributed by atoms with Crippen molar-refractivity contribution in [3.8, 4) is 0 Å². The molecule has 3 saturated heterocycles. The van der Waals surface area contributed by atoms with E-state index in [2.05, 4.69) is 0 Å². The maximum atomic E-state index is 12.8. The topological polar surface area (TPSA) is 74.0 Å². The summed E-state index contributed by atoms with van der Waals surface area (Å²) < 4.78 is 17.2. The van der Waals surface area contributed by atoms with Crippen LogP contribution in [0.2, 0.25) is 0 Å². The van der Waals surface area contributed by atoms with Crippen molar-refractivity contribution < 1.29 is 19.0 Å². The number of carbonyl (C=O) groups is 1. The van der Waals surface area contributed by atoms with Gasteiger partial charge in [-0.25, -0.2) is 0 Å². The predicted octanol–water partition coefficient (Wildman–Crippen LogP) is 1.56. The van der Waals surface area contributed by atoms with E-state index in [-0.39, 0.29) is 17.4 Å². The summed E-state index contributed by atoms with van der Waals surface area (Å²) >= 11 is 0. The molecule has 4 rings (SSSR count). The first-order chi connectivity index (χ1) is 12.0. The Bertz CT molecular complexity index is 435. The van der Waals surface area contributed by atoms with Gasteiger partial charge in [-0.3, -0.25) is 4.79 Å². The van der Waals surface area contributed by atoms with Crippen molar-refractivity contribution in [1.82, 2.24) is 4.90 Å². The average Bonchev–Trinajstić information content (AvgIpc) is 2.67. The number of likely N-dealkylation sites (tertiary alicyclic amines) is 1. The van der Waals surface area contributed by atoms with Gasteiger partial charge in [-0.1, -0.05) is 0 Å². The molecule has 1 saturated carbocycles. The van der Waals surface area contributed by atoms with Crippen molar-refractivity contribution in [3.63, 3.8) is 0 Å². The first-order valence-electron chi connectivity index (χ1n) is 9.79. The number of piperidine rings is 1. The van der Waals surface area contributed by atoms with E-state index in [4.69, 9.17) is 19.9 Å². The van der Waals surface area contributed by atoms with Crippen molar-refractivity contribution in [2.45, 2.75) is 63.7 Å². The number of methoxy groups -OCH3 is 1. The zero-order valence-corrected chi connectivity index (χ0v) is 15.7. The lowest BCUT2D eigenvalue weighted by molar-refractivity contribution is -0.155. The Hall–Kier alpha value is -0.690. The zero-order chi connectivity index (χ0) is 17.9. The number of nitrogens with zero attached hydrogens (tertiary/aromatic N) is 1. The van der Waals surface area contributed by atoms with E-state index in [1.54, 1.807) is 7.11 Å². The van der Waals surface area contributed by atoms with Gasteiger partial charge in [-0.05, 0) is 51.4 Å². The molecule has 0 aromatic rings. The number of fused-ring (bicyclic) bond motifs is 3. The monoisotopic (exact) mass is 354 g/mol. The molecule has 1 aliphatic carbocycles. The summed E-state index contributed by atoms with van der Waals surface area (Å²) in [6.07, 6.45) is 6.92. The van der Waals surface area contributed by atoms with Crippen LogP contribution in [0.15, 0.2) is 0 Å². The third-order valence-corrected chi connectivity index (χ3v) is 6.29. The van der Waals surface area contributed by atoms with E-state index in [1.165, 1.54) is 12.8 Å². The molecule has 25 heavy (non-hydrogen) atoms. The fourth-order valence-corrected chi connectivity index (χ4v) is 4.46. The molecule has 0 radical (unpaired) electrons. The molecule has 0 aromatic carbocycles. The maximum absolute atomic E-state index is 12.8. The quantitative estimate of drug-likeness (QED) is 0.751. The number of amides is 1. The second kappa shape index (κ2) is 8.33. The van der Waals surface area contributed by atoms with Gasteiger partial charge < -0.3 is 24.8 Å². The smallest absolute Gasteiger partial charge is 0.242 e. The highest BCUT2D eigenvalue weighted by Crippen LogP contribution is 2.43. The van der Waals surface area contributed by atoms with Crippen LogP contribution < -0.4 is 5.73 Å². The van der Waals surface area contributed by atoms with Crippen LogP contribution in [0.5, 0.6) is 0 Å². The Morgan fingerprint density at radius 2 is 2.12 bits per heavy atom. The lowest BCUT2D eigenvalue weighted by Crippen LogP contribution is -2.54. The third-order valence-electron chi connectivity index (χ3n) is 6.29. The molecule has 2 bridgehead atoms. The Morgan fingerprint density at radius 3 is 2.76 bits per heavy atom. The van der Waals surface area contributed by atoms with Crippen LogP contribution in [0.25, 0.3) is 0 Å². The Kier molecular flexibility index (Phi) is 6.36. The highest BCUT2D eigenvalue weighted by Gasteiger charge is 2.42. The summed E-state index contributed by atoms with van der Waals surface area (Å²) in [5.74, 6) is 0.425. The SMILES string of the molecule is COC[C@H]1CCCN(C(=O)[C@@H](N)[C@@H](C)OCC23CCC(CC2)OC3)C1. The molecular formula is C19H34N2O4. The van der Waals surface area contributed by atoms with Crippen LogP contribution in [0.3, 0.4) is 0 Å². The normalized spacial score (nSPS) is 34.8. The lowest BCUT2D eigenvalue weighted by Gasteiger charge is -2.46. The Morgan fingerprint density at radius 1 is 1.36 bits per heavy atom. The number of nitrogens with two attached hydrogens (primary N) is 1. The zero-order valence-electron chi connectivity index (χ0n) is 15.7. The standard InChI is InChI=1S/C19H34N2O4/c1-14(24-12-19-7-5-16(6-8-19)25-13-19)17(20)18(22)21-9-3-4-15(10-21)11-23-2/h14-17H,3-13,20H2,1-2H3/t14-,15+,16?,17+,19?/m1/s1. The summed E-state index contributed by atoms with van der Waals surface area (Å²) in [7, 11) is 1.71. The van der Waals surface area contributed by atoms with Crippen LogP contribution in [0, 0.1) is 11.3 Å². The number of hydrogen-bond donors (Lipinski definition) is 1. The highest BCUT2D eigenvalue weighted by molar-refractivity contribution is 5.82. The van der Waals surface area contributed by atoms with Crippen molar-refractivity contribution in [2.75, 3.05) is 40.0 Å². The van der Waals surface area contributed by atoms with Gasteiger partial charge in [0.1, 0.15) is 6.04 Å². The molecule has 3 aliphatic heterocycles. The average molecular weight is 354 g/mol. The number of ether oxygens (including phenoxy) is 3. The van der Waals surface area contributed by atoms with Crippen LogP contribution >= 0.6 is 0 Å². The summed E-state index contributed by atoms with van der Waals surface area (Å²) in [4.78, 5) is 14.6. The number of hydrogen-bond acceptors (Lipinski definition) is 5. The highest BCUT2D eigenvalue weighted by atomic mass is 16.5. The second-order valence-corrected chi connectivity index (χ2v) is 8.30. The van der Waals surface area contributed by atoms with Gasteiger partial charge in [0.15, 0.2) is 0 Å². The molecule has 144 valence electrons. The first kappa shape index (κ1) is 19.1. The molecule has 2 N–H and O–H groups in total. The molecule has 3 heterocycles. The predicted molar refractivity (Wildman–Crippen MR) is 95.2 cm³/mol. The molecule has 3 atom stereocenters. The molecule has 6 heteroatoms. The van der Waals surface area contributed by atoms with Crippen LogP contribution in [0.4, 0.5) is 0 Å². The minimum atomic E-state index is -0.599. The van der Waals surface area contributed by atoms with Gasteiger partial charge in [0.2, 0.25) is 5.91 Å². The van der Waals surface area contributed by atoms with Crippen molar-refractivity contribution >= 4 is 5.91 Å². The van der Waals surface area contributed by atoms with Gasteiger partial charge in [0.05, 0.1) is 32.0 Å². The molecule has 0 aromatic heterocycles. The van der Waals surface area contributed by atoms with Crippen molar-refractivity contribution in [2.24, 2.45) is 17.1 Å². The minimum Gasteiger partial charge on any atom is -0.384 e. The largest absolute Gasteiger partial charge is 0.384 e. The first-order valence-corrected chi connectivity index (χ1v) is 9.79. The fraction of sp³-hybridized carbons (Fsp3) is 0.947. The van der Waals surface area contributed by atoms with Gasteiger partial charge in [0, 0.05) is 25.6 Å². The second-order valence-electron chi connectivity index (χ2n) is 8.30. The molecule has 1 amide bonds. The van der Waals surface area contributed by atoms with E-state index in [0.717, 1.165) is 45.4 Å². The van der Waals surface area contributed by atoms with E-state index in [9.17, 15) is 4.79 Å². The summed E-state index contributed by atoms with van der Waals surface area (Å²) in [5, 5.41) is 0. The van der Waals surface area contributed by atoms with Crippen LogP contribution in [-0.4, -0.2) is 69.1 Å². The Labute approximate surface area is 151 Å². The fourth-order valence-electron chi connectivity index (χ4n) is 4.46. The molecule has 4 aliphatic rings. The van der Waals surface area contributed by atoms with Gasteiger partial charge in [-0.15, -0.1) is 0 Å².